The van der Waals surface area contributed by atoms with Gasteiger partial charge in [0.25, 0.3) is 0 Å². The van der Waals surface area contributed by atoms with Gasteiger partial charge in [-0.15, -0.1) is 0 Å². The van der Waals surface area contributed by atoms with Crippen molar-refractivity contribution in [2.24, 2.45) is 0 Å². The van der Waals surface area contributed by atoms with Crippen LogP contribution in [0.25, 0.3) is 0 Å². The second-order valence-corrected chi connectivity index (χ2v) is 6.96. The molecule has 1 heterocycles. The number of hydrogen-bond donors (Lipinski definition) is 3. The maximum absolute atomic E-state index is 10.3. The molecule has 0 aliphatic carbocycles. The number of carbonyl (C=O) groups excluding carboxylic acids is 2. The Morgan fingerprint density at radius 3 is 1.81 bits per heavy atom. The van der Waals surface area contributed by atoms with E-state index in [-0.39, 0.29) is 12.5 Å². The third kappa shape index (κ3) is 20.3. The summed E-state index contributed by atoms with van der Waals surface area (Å²) in [5, 5.41) is 12.8. The molecule has 0 atom stereocenters. The van der Waals surface area contributed by atoms with Crippen molar-refractivity contribution in [3.05, 3.63) is 12.2 Å². The lowest BCUT2D eigenvalue weighted by atomic mass is 10.1. The molecule has 3 N–H and O–H groups in total. The summed E-state index contributed by atoms with van der Waals surface area (Å²) in [6.45, 7) is 2.38. The molecule has 0 radical (unpaired) electrons. The number of carbonyl (C=O) groups is 3. The minimum atomic E-state index is -0.664. The predicted molar refractivity (Wildman–Crippen MR) is 109 cm³/mol. The standard InChI is InChI=1S/C18H34O2.C3H4N2O2/c1-2-3-4-5-6-7-8-9-10-11-12-13-14-15-16-17-18(19)20;6-2-1-4-3(7)5-2/h9-10H,2-8,11-17H2,1H3,(H,19,20);1H2,(H2,4,5,6,7)/b10-9-;. The minimum absolute atomic E-state index is 0.124. The van der Waals surface area contributed by atoms with Gasteiger partial charge in [-0.1, -0.05) is 70.4 Å². The quantitative estimate of drug-likeness (QED) is 0.212. The van der Waals surface area contributed by atoms with Crippen LogP contribution in [0.4, 0.5) is 4.79 Å². The zero-order valence-electron chi connectivity index (χ0n) is 16.9. The number of amides is 3. The highest BCUT2D eigenvalue weighted by Crippen LogP contribution is 2.09. The zero-order chi connectivity index (χ0) is 20.2. The molecular weight excluding hydrogens is 344 g/mol. The van der Waals surface area contributed by atoms with Crippen LogP contribution in [0.5, 0.6) is 0 Å². The van der Waals surface area contributed by atoms with Gasteiger partial charge in [0.1, 0.15) is 0 Å². The average molecular weight is 383 g/mol. The first-order chi connectivity index (χ1) is 13.1. The normalized spacial score (nSPS) is 13.2. The second-order valence-electron chi connectivity index (χ2n) is 6.96. The molecule has 0 aromatic rings. The summed E-state index contributed by atoms with van der Waals surface area (Å²) >= 11 is 0. The van der Waals surface area contributed by atoms with Gasteiger partial charge in [0, 0.05) is 6.42 Å². The average Bonchev–Trinajstić information content (AvgIpc) is 3.01. The molecule has 3 amide bonds. The van der Waals surface area contributed by atoms with Crippen LogP contribution in [-0.2, 0) is 9.59 Å². The Kier molecular flexibility index (Phi) is 17.6. The Hall–Kier alpha value is -1.85. The lowest BCUT2D eigenvalue weighted by Crippen LogP contribution is -2.22. The number of urea groups is 1. The second kappa shape index (κ2) is 18.9. The molecule has 0 saturated carbocycles. The van der Waals surface area contributed by atoms with E-state index in [0.29, 0.717) is 6.42 Å². The molecule has 0 unspecified atom stereocenters. The largest absolute Gasteiger partial charge is 0.481 e. The highest BCUT2D eigenvalue weighted by atomic mass is 16.4. The van der Waals surface area contributed by atoms with Crippen LogP contribution >= 0.6 is 0 Å². The van der Waals surface area contributed by atoms with Gasteiger partial charge in [0.15, 0.2) is 0 Å². The van der Waals surface area contributed by atoms with Gasteiger partial charge in [-0.25, -0.2) is 4.79 Å². The molecule has 0 bridgehead atoms. The fourth-order valence-corrected chi connectivity index (χ4v) is 2.72. The summed E-state index contributed by atoms with van der Waals surface area (Å²) in [6.07, 6.45) is 21.2. The molecule has 27 heavy (non-hydrogen) atoms. The number of imide groups is 1. The van der Waals surface area contributed by atoms with E-state index in [0.717, 1.165) is 12.8 Å². The molecule has 1 fully saturated rings. The molecular formula is C21H38N2O4. The number of carboxylic acid groups (broad SMARTS) is 1. The lowest BCUT2D eigenvalue weighted by molar-refractivity contribution is -0.137. The summed E-state index contributed by atoms with van der Waals surface area (Å²) in [6, 6.07) is -0.398. The third-order valence-electron chi connectivity index (χ3n) is 4.31. The van der Waals surface area contributed by atoms with Crippen molar-refractivity contribution < 1.29 is 19.5 Å². The van der Waals surface area contributed by atoms with E-state index < -0.39 is 12.0 Å². The number of aliphatic carboxylic acids is 1. The number of nitrogens with one attached hydrogen (secondary N) is 2. The van der Waals surface area contributed by atoms with Crippen molar-refractivity contribution in [1.29, 1.82) is 0 Å². The van der Waals surface area contributed by atoms with Crippen molar-refractivity contribution in [1.82, 2.24) is 10.6 Å². The molecule has 6 nitrogen and oxygen atoms in total. The van der Waals surface area contributed by atoms with Gasteiger partial charge in [0.05, 0.1) is 6.54 Å². The molecule has 0 spiro atoms. The first-order valence-corrected chi connectivity index (χ1v) is 10.5. The SMILES string of the molecule is CCCCCCCC/C=C\CCCCCCCC(=O)O.O=C1CNC(=O)N1. The van der Waals surface area contributed by atoms with Gasteiger partial charge in [0.2, 0.25) is 5.91 Å². The van der Waals surface area contributed by atoms with Crippen molar-refractivity contribution >= 4 is 17.9 Å². The number of hydrogen-bond acceptors (Lipinski definition) is 3. The molecule has 6 heteroatoms. The van der Waals surface area contributed by atoms with Gasteiger partial charge < -0.3 is 10.4 Å². The first kappa shape index (κ1) is 25.1. The smallest absolute Gasteiger partial charge is 0.321 e. The molecule has 156 valence electrons. The van der Waals surface area contributed by atoms with Crippen LogP contribution in [0.2, 0.25) is 0 Å². The highest BCUT2D eigenvalue weighted by Gasteiger charge is 2.14. The van der Waals surface area contributed by atoms with Gasteiger partial charge in [-0.05, 0) is 32.1 Å². The van der Waals surface area contributed by atoms with E-state index in [1.54, 1.807) is 0 Å². The maximum Gasteiger partial charge on any atom is 0.321 e. The Morgan fingerprint density at radius 1 is 0.889 bits per heavy atom. The summed E-state index contributed by atoms with van der Waals surface area (Å²) < 4.78 is 0. The van der Waals surface area contributed by atoms with Crippen LogP contribution < -0.4 is 10.6 Å². The van der Waals surface area contributed by atoms with Crippen LogP contribution in [0, 0.1) is 0 Å². The highest BCUT2D eigenvalue weighted by molar-refractivity contribution is 6.01. The van der Waals surface area contributed by atoms with E-state index in [2.05, 4.69) is 24.4 Å². The summed E-state index contributed by atoms with van der Waals surface area (Å²) in [5.74, 6) is -0.923. The van der Waals surface area contributed by atoms with E-state index in [1.807, 2.05) is 5.32 Å². The number of unbranched alkanes of at least 4 members (excludes halogenated alkanes) is 11. The van der Waals surface area contributed by atoms with Crippen molar-refractivity contribution in [3.63, 3.8) is 0 Å². The predicted octanol–water partition coefficient (Wildman–Crippen LogP) is 4.93. The molecule has 0 aromatic heterocycles. The first-order valence-electron chi connectivity index (χ1n) is 10.5. The van der Waals surface area contributed by atoms with Gasteiger partial charge >= 0.3 is 12.0 Å². The monoisotopic (exact) mass is 382 g/mol. The van der Waals surface area contributed by atoms with Crippen LogP contribution in [0.15, 0.2) is 12.2 Å². The number of allylic oxidation sites excluding steroid dienone is 2. The molecule has 1 saturated heterocycles. The third-order valence-corrected chi connectivity index (χ3v) is 4.31. The maximum atomic E-state index is 10.3. The van der Waals surface area contributed by atoms with Crippen LogP contribution in [0.3, 0.4) is 0 Å². The number of rotatable bonds is 15. The van der Waals surface area contributed by atoms with Crippen LogP contribution in [-0.4, -0.2) is 29.6 Å². The molecule has 1 aliphatic heterocycles. The Balaban J connectivity index is 0.000000797. The van der Waals surface area contributed by atoms with Gasteiger partial charge in [-0.3, -0.25) is 14.9 Å². The summed E-state index contributed by atoms with van der Waals surface area (Å²) in [7, 11) is 0. The van der Waals surface area contributed by atoms with Crippen molar-refractivity contribution in [3.8, 4) is 0 Å². The number of carboxylic acids is 1. The van der Waals surface area contributed by atoms with Crippen molar-refractivity contribution in [2.75, 3.05) is 6.54 Å². The zero-order valence-corrected chi connectivity index (χ0v) is 16.9. The van der Waals surface area contributed by atoms with Crippen LogP contribution in [0.1, 0.15) is 96.8 Å². The Bertz CT molecular complexity index is 422. The molecule has 0 aromatic carbocycles. The van der Waals surface area contributed by atoms with E-state index in [1.165, 1.54) is 70.6 Å². The minimum Gasteiger partial charge on any atom is -0.481 e. The van der Waals surface area contributed by atoms with E-state index in [4.69, 9.17) is 5.11 Å². The Morgan fingerprint density at radius 2 is 1.41 bits per heavy atom. The van der Waals surface area contributed by atoms with Crippen molar-refractivity contribution in [2.45, 2.75) is 96.8 Å². The Labute approximate surface area is 164 Å². The molecule has 1 rings (SSSR count). The van der Waals surface area contributed by atoms with Gasteiger partial charge in [-0.2, -0.15) is 0 Å². The van der Waals surface area contributed by atoms with E-state index >= 15 is 0 Å². The van der Waals surface area contributed by atoms with E-state index in [9.17, 15) is 14.4 Å². The summed E-state index contributed by atoms with van der Waals surface area (Å²) in [4.78, 5) is 30.4. The molecule has 1 aliphatic rings. The fourth-order valence-electron chi connectivity index (χ4n) is 2.72. The fraction of sp³-hybridized carbons (Fsp3) is 0.762. The topological polar surface area (TPSA) is 95.5 Å². The lowest BCUT2D eigenvalue weighted by Gasteiger charge is -1.99. The summed E-state index contributed by atoms with van der Waals surface area (Å²) in [5.41, 5.74) is 0.